The van der Waals surface area contributed by atoms with Gasteiger partial charge in [0.1, 0.15) is 5.82 Å². The lowest BCUT2D eigenvalue weighted by Gasteiger charge is -2.33. The largest absolute Gasteiger partial charge is 0.469 e. The predicted molar refractivity (Wildman–Crippen MR) is 115 cm³/mol. The predicted octanol–water partition coefficient (Wildman–Crippen LogP) is 3.93. The van der Waals surface area contributed by atoms with E-state index in [1.165, 1.54) is 19.2 Å². The molecule has 4 rings (SSSR count). The van der Waals surface area contributed by atoms with Gasteiger partial charge in [-0.3, -0.25) is 9.59 Å². The number of carbonyl (C=O) groups is 2. The van der Waals surface area contributed by atoms with Crippen molar-refractivity contribution in [3.05, 3.63) is 59.5 Å². The van der Waals surface area contributed by atoms with Crippen molar-refractivity contribution in [1.82, 2.24) is 0 Å². The molecule has 30 heavy (non-hydrogen) atoms. The molecule has 0 spiro atoms. The van der Waals surface area contributed by atoms with Crippen LogP contribution in [0.3, 0.4) is 0 Å². The zero-order valence-corrected chi connectivity index (χ0v) is 17.0. The number of methoxy groups -OCH3 is 1. The van der Waals surface area contributed by atoms with E-state index in [-0.39, 0.29) is 23.6 Å². The molecule has 2 aliphatic rings. The van der Waals surface area contributed by atoms with E-state index in [4.69, 9.17) is 4.74 Å². The molecule has 2 heterocycles. The minimum atomic E-state index is -0.382. The summed E-state index contributed by atoms with van der Waals surface area (Å²) in [4.78, 5) is 26.2. The molecule has 156 valence electrons. The van der Waals surface area contributed by atoms with Gasteiger partial charge in [-0.1, -0.05) is 0 Å². The number of nitrogens with one attached hydrogen (secondary N) is 2. The Balaban J connectivity index is 1.46. The number of piperidine rings is 1. The van der Waals surface area contributed by atoms with Crippen LogP contribution in [0, 0.1) is 18.7 Å². The number of ether oxygens (including phenoxy) is 1. The number of nitrogens with zero attached hydrogens (tertiary/aromatic N) is 1. The van der Waals surface area contributed by atoms with Gasteiger partial charge in [-0.25, -0.2) is 4.39 Å². The summed E-state index contributed by atoms with van der Waals surface area (Å²) < 4.78 is 18.4. The number of rotatable bonds is 4. The van der Waals surface area contributed by atoms with E-state index >= 15 is 0 Å². The van der Waals surface area contributed by atoms with Crippen molar-refractivity contribution in [3.63, 3.8) is 0 Å². The second-order valence-electron chi connectivity index (χ2n) is 7.63. The van der Waals surface area contributed by atoms with E-state index < -0.39 is 0 Å². The fraction of sp³-hybridized carbons (Fsp3) is 0.304. The van der Waals surface area contributed by atoms with E-state index in [0.717, 1.165) is 42.9 Å². The van der Waals surface area contributed by atoms with Gasteiger partial charge in [0.2, 0.25) is 0 Å². The summed E-state index contributed by atoms with van der Waals surface area (Å²) >= 11 is 0. The van der Waals surface area contributed by atoms with Crippen molar-refractivity contribution >= 4 is 34.5 Å². The molecule has 0 saturated carbocycles. The summed E-state index contributed by atoms with van der Waals surface area (Å²) in [5.74, 6) is -0.794. The fourth-order valence-electron chi connectivity index (χ4n) is 4.08. The van der Waals surface area contributed by atoms with Gasteiger partial charge in [0.05, 0.1) is 18.6 Å². The van der Waals surface area contributed by atoms with E-state index in [0.29, 0.717) is 16.8 Å². The Kier molecular flexibility index (Phi) is 5.44. The molecular formula is C23H24FN3O3. The first kappa shape index (κ1) is 19.9. The molecular weight excluding hydrogens is 385 g/mol. The smallest absolute Gasteiger partial charge is 0.308 e. The lowest BCUT2D eigenvalue weighted by molar-refractivity contribution is -0.146. The lowest BCUT2D eigenvalue weighted by atomic mass is 9.96. The average Bonchev–Trinajstić information content (AvgIpc) is 3.06. The maximum Gasteiger partial charge on any atom is 0.308 e. The van der Waals surface area contributed by atoms with Crippen molar-refractivity contribution in [2.75, 3.05) is 35.7 Å². The minimum absolute atomic E-state index is 0.0237. The zero-order chi connectivity index (χ0) is 21.3. The summed E-state index contributed by atoms with van der Waals surface area (Å²) in [7, 11) is 1.43. The van der Waals surface area contributed by atoms with Gasteiger partial charge >= 0.3 is 5.97 Å². The Morgan fingerprint density at radius 2 is 2.00 bits per heavy atom. The highest BCUT2D eigenvalue weighted by atomic mass is 19.1. The molecule has 2 aliphatic heterocycles. The first-order valence-electron chi connectivity index (χ1n) is 9.97. The van der Waals surface area contributed by atoms with Crippen LogP contribution in [0.15, 0.2) is 42.6 Å². The molecule has 1 fully saturated rings. The molecule has 0 radical (unpaired) electrons. The van der Waals surface area contributed by atoms with Crippen LogP contribution in [0.4, 0.5) is 21.5 Å². The third kappa shape index (κ3) is 3.87. The molecule has 2 aromatic carbocycles. The van der Waals surface area contributed by atoms with Gasteiger partial charge in [-0.05, 0) is 61.7 Å². The van der Waals surface area contributed by atoms with Gasteiger partial charge in [-0.2, -0.15) is 0 Å². The molecule has 0 unspecified atom stereocenters. The summed E-state index contributed by atoms with van der Waals surface area (Å²) in [6.45, 7) is 3.65. The van der Waals surface area contributed by atoms with Crippen LogP contribution < -0.4 is 15.5 Å². The fourth-order valence-corrected chi connectivity index (χ4v) is 4.08. The number of hydrogen-bond donors (Lipinski definition) is 2. The molecule has 1 saturated heterocycles. The van der Waals surface area contributed by atoms with E-state index in [2.05, 4.69) is 15.5 Å². The second kappa shape index (κ2) is 8.18. The number of hydrogen-bond acceptors (Lipinski definition) is 5. The molecule has 0 bridgehead atoms. The summed E-state index contributed by atoms with van der Waals surface area (Å²) in [6, 6.07) is 10.2. The van der Waals surface area contributed by atoms with Gasteiger partial charge in [0, 0.05) is 41.9 Å². The molecule has 2 aromatic rings. The van der Waals surface area contributed by atoms with Crippen LogP contribution in [-0.4, -0.2) is 32.1 Å². The molecule has 6 nitrogen and oxygen atoms in total. The molecule has 0 aromatic heterocycles. The topological polar surface area (TPSA) is 70.7 Å². The lowest BCUT2D eigenvalue weighted by Crippen LogP contribution is -2.37. The molecule has 0 aliphatic carbocycles. The van der Waals surface area contributed by atoms with Crippen LogP contribution in [0.2, 0.25) is 0 Å². The van der Waals surface area contributed by atoms with Crippen LogP contribution in [0.1, 0.15) is 24.0 Å². The third-order valence-corrected chi connectivity index (χ3v) is 5.71. The molecule has 2 N–H and O–H groups in total. The number of carbonyl (C=O) groups excluding carboxylic acids is 2. The maximum atomic E-state index is 13.6. The Bertz CT molecular complexity index is 1030. The standard InChI is InChI=1S/C23H24FN3O3/c1-14-11-17(4-6-21(14)27-9-7-15(8-10-27)23(29)30-2)25-13-19-18-12-16(24)3-5-20(18)26-22(19)28/h3-6,11-13,15,25H,7-10H2,1-2H3,(H,26,28). The summed E-state index contributed by atoms with van der Waals surface area (Å²) in [5.41, 5.74) is 4.62. The van der Waals surface area contributed by atoms with Gasteiger partial charge in [0.25, 0.3) is 5.91 Å². The Hall–Kier alpha value is -3.35. The third-order valence-electron chi connectivity index (χ3n) is 5.71. The highest BCUT2D eigenvalue weighted by molar-refractivity contribution is 6.31. The number of aryl methyl sites for hydroxylation is 1. The van der Waals surface area contributed by atoms with Crippen molar-refractivity contribution in [2.24, 2.45) is 5.92 Å². The molecule has 1 amide bonds. The van der Waals surface area contributed by atoms with Crippen molar-refractivity contribution in [2.45, 2.75) is 19.8 Å². The summed E-state index contributed by atoms with van der Waals surface area (Å²) in [5, 5.41) is 5.89. The Morgan fingerprint density at radius 3 is 2.70 bits per heavy atom. The number of benzene rings is 2. The average molecular weight is 409 g/mol. The van der Waals surface area contributed by atoms with Crippen LogP contribution >= 0.6 is 0 Å². The van der Waals surface area contributed by atoms with Crippen molar-refractivity contribution < 1.29 is 18.7 Å². The first-order chi connectivity index (χ1) is 14.5. The zero-order valence-electron chi connectivity index (χ0n) is 17.0. The highest BCUT2D eigenvalue weighted by Crippen LogP contribution is 2.33. The number of esters is 1. The van der Waals surface area contributed by atoms with E-state index in [1.807, 2.05) is 25.1 Å². The highest BCUT2D eigenvalue weighted by Gasteiger charge is 2.26. The van der Waals surface area contributed by atoms with Crippen molar-refractivity contribution in [3.8, 4) is 0 Å². The quantitative estimate of drug-likeness (QED) is 0.592. The minimum Gasteiger partial charge on any atom is -0.469 e. The Labute approximate surface area is 174 Å². The van der Waals surface area contributed by atoms with Crippen LogP contribution in [0.5, 0.6) is 0 Å². The maximum absolute atomic E-state index is 13.6. The summed E-state index contributed by atoms with van der Waals surface area (Å²) in [6.07, 6.45) is 3.17. The van der Waals surface area contributed by atoms with Gasteiger partial charge < -0.3 is 20.3 Å². The Morgan fingerprint density at radius 1 is 1.23 bits per heavy atom. The molecule has 7 heteroatoms. The van der Waals surface area contributed by atoms with Gasteiger partial charge in [-0.15, -0.1) is 0 Å². The van der Waals surface area contributed by atoms with E-state index in [9.17, 15) is 14.0 Å². The van der Waals surface area contributed by atoms with Crippen LogP contribution in [-0.2, 0) is 14.3 Å². The van der Waals surface area contributed by atoms with Gasteiger partial charge in [0.15, 0.2) is 0 Å². The van der Waals surface area contributed by atoms with Crippen molar-refractivity contribution in [1.29, 1.82) is 0 Å². The number of anilines is 3. The number of amides is 1. The SMILES string of the molecule is COC(=O)C1CCN(c2ccc(NC=C3C(=O)Nc4ccc(F)cc43)cc2C)CC1. The normalized spacial score (nSPS) is 17.6. The number of halogens is 1. The molecule has 0 atom stereocenters. The second-order valence-corrected chi connectivity index (χ2v) is 7.63. The first-order valence-corrected chi connectivity index (χ1v) is 9.97. The monoisotopic (exact) mass is 409 g/mol. The van der Waals surface area contributed by atoms with Crippen LogP contribution in [0.25, 0.3) is 5.57 Å². The van der Waals surface area contributed by atoms with E-state index in [1.54, 1.807) is 12.3 Å². The number of fused-ring (bicyclic) bond motifs is 1.